The normalized spacial score (nSPS) is 29.0. The number of alkyl halides is 1. The first-order chi connectivity index (χ1) is 6.58. The molecule has 0 radical (unpaired) electrons. The van der Waals surface area contributed by atoms with Crippen LogP contribution in [0.5, 0.6) is 0 Å². The van der Waals surface area contributed by atoms with Gasteiger partial charge in [0.15, 0.2) is 9.84 Å². The van der Waals surface area contributed by atoms with Gasteiger partial charge in [0.2, 0.25) is 0 Å². The summed E-state index contributed by atoms with van der Waals surface area (Å²) >= 11 is 3.50. The second-order valence-corrected chi connectivity index (χ2v) is 7.58. The lowest BCUT2D eigenvalue weighted by Gasteiger charge is -2.27. The average molecular weight is 283 g/mol. The number of halogens is 1. The third kappa shape index (κ3) is 3.23. The predicted octanol–water partition coefficient (Wildman–Crippen LogP) is 2.91. The van der Waals surface area contributed by atoms with E-state index < -0.39 is 9.84 Å². The number of unbranched alkanes of at least 4 members (excludes halogenated alkanes) is 1. The monoisotopic (exact) mass is 282 g/mol. The van der Waals surface area contributed by atoms with Crippen molar-refractivity contribution >= 4 is 25.8 Å². The Morgan fingerprint density at radius 1 is 1.29 bits per heavy atom. The Balaban J connectivity index is 2.60. The van der Waals surface area contributed by atoms with Gasteiger partial charge >= 0.3 is 0 Å². The van der Waals surface area contributed by atoms with Gasteiger partial charge in [0, 0.05) is 4.83 Å². The van der Waals surface area contributed by atoms with Gasteiger partial charge in [-0.2, -0.15) is 0 Å². The number of hydrogen-bond donors (Lipinski definition) is 0. The van der Waals surface area contributed by atoms with E-state index in [0.717, 1.165) is 38.5 Å². The Hall–Kier alpha value is 0.430. The highest BCUT2D eigenvalue weighted by molar-refractivity contribution is 9.09. The molecule has 0 aromatic carbocycles. The topological polar surface area (TPSA) is 34.1 Å². The minimum atomic E-state index is -2.84. The molecule has 1 fully saturated rings. The maximum atomic E-state index is 11.9. The molecule has 0 N–H and O–H groups in total. The van der Waals surface area contributed by atoms with Crippen LogP contribution in [0.15, 0.2) is 0 Å². The van der Waals surface area contributed by atoms with Crippen molar-refractivity contribution in [1.82, 2.24) is 0 Å². The molecule has 1 rings (SSSR count). The summed E-state index contributed by atoms with van der Waals surface area (Å²) in [5.74, 6) is 0.371. The highest BCUT2D eigenvalue weighted by Gasteiger charge is 2.33. The molecule has 2 nitrogen and oxygen atoms in total. The molecule has 4 heteroatoms. The molecule has 14 heavy (non-hydrogen) atoms. The van der Waals surface area contributed by atoms with E-state index in [0.29, 0.717) is 5.75 Å². The van der Waals surface area contributed by atoms with Crippen molar-refractivity contribution in [3.8, 4) is 0 Å². The summed E-state index contributed by atoms with van der Waals surface area (Å²) in [5, 5.41) is -0.122. The molecular formula is C10H19BrO2S. The Bertz CT molecular complexity index is 261. The molecule has 0 saturated heterocycles. The largest absolute Gasteiger partial charge is 0.229 e. The quantitative estimate of drug-likeness (QED) is 0.743. The van der Waals surface area contributed by atoms with Crippen molar-refractivity contribution in [3.05, 3.63) is 0 Å². The lowest BCUT2D eigenvalue weighted by atomic mass is 10.0. The molecule has 0 aromatic heterocycles. The molecular weight excluding hydrogens is 264 g/mol. The van der Waals surface area contributed by atoms with Crippen LogP contribution in [0.3, 0.4) is 0 Å². The van der Waals surface area contributed by atoms with E-state index in [1.807, 2.05) is 6.92 Å². The zero-order chi connectivity index (χ0) is 10.6. The molecule has 0 aromatic rings. The first-order valence-electron chi connectivity index (χ1n) is 5.43. The van der Waals surface area contributed by atoms with Gasteiger partial charge in [-0.3, -0.25) is 0 Å². The lowest BCUT2D eigenvalue weighted by molar-refractivity contribution is 0.496. The first kappa shape index (κ1) is 12.5. The maximum Gasteiger partial charge on any atom is 0.154 e. The standard InChI is InChI=1S/C10H19BrO2S/c1-2-3-8-14(12,13)10-7-5-4-6-9(10)11/h9-10H,2-8H2,1H3. The van der Waals surface area contributed by atoms with Crippen molar-refractivity contribution < 1.29 is 8.42 Å². The summed E-state index contributed by atoms with van der Waals surface area (Å²) in [6.07, 6.45) is 5.85. The van der Waals surface area contributed by atoms with Gasteiger partial charge < -0.3 is 0 Å². The Morgan fingerprint density at radius 2 is 1.93 bits per heavy atom. The summed E-state index contributed by atoms with van der Waals surface area (Å²) in [5.41, 5.74) is 0. The highest BCUT2D eigenvalue weighted by Crippen LogP contribution is 2.30. The molecule has 2 unspecified atom stereocenters. The van der Waals surface area contributed by atoms with Gasteiger partial charge in [-0.1, -0.05) is 42.1 Å². The van der Waals surface area contributed by atoms with Gasteiger partial charge in [-0.15, -0.1) is 0 Å². The summed E-state index contributed by atoms with van der Waals surface area (Å²) in [7, 11) is -2.84. The minimum absolute atomic E-state index is 0.122. The van der Waals surface area contributed by atoms with Crippen LogP contribution in [0, 0.1) is 0 Å². The van der Waals surface area contributed by atoms with Crippen molar-refractivity contribution in [2.75, 3.05) is 5.75 Å². The molecule has 2 atom stereocenters. The Labute approximate surface area is 95.5 Å². The number of rotatable bonds is 4. The SMILES string of the molecule is CCCCS(=O)(=O)C1CCCCC1Br. The summed E-state index contributed by atoms with van der Waals surface area (Å²) in [6.45, 7) is 2.03. The number of hydrogen-bond acceptors (Lipinski definition) is 2. The second-order valence-electron chi connectivity index (χ2n) is 4.06. The van der Waals surface area contributed by atoms with E-state index >= 15 is 0 Å². The van der Waals surface area contributed by atoms with Gasteiger partial charge in [0.25, 0.3) is 0 Å². The maximum absolute atomic E-state index is 11.9. The van der Waals surface area contributed by atoms with Crippen LogP contribution in [0.4, 0.5) is 0 Å². The lowest BCUT2D eigenvalue weighted by Crippen LogP contribution is -2.34. The predicted molar refractivity (Wildman–Crippen MR) is 63.7 cm³/mol. The van der Waals surface area contributed by atoms with Gasteiger partial charge in [0.1, 0.15) is 0 Å². The molecule has 0 heterocycles. The summed E-state index contributed by atoms with van der Waals surface area (Å²) in [6, 6.07) is 0. The van der Waals surface area contributed by atoms with Crippen LogP contribution in [-0.2, 0) is 9.84 Å². The second kappa shape index (κ2) is 5.50. The molecule has 0 bridgehead atoms. The first-order valence-corrected chi connectivity index (χ1v) is 8.06. The van der Waals surface area contributed by atoms with Crippen LogP contribution in [0.1, 0.15) is 45.4 Å². The minimum Gasteiger partial charge on any atom is -0.229 e. The third-order valence-electron chi connectivity index (χ3n) is 2.87. The van der Waals surface area contributed by atoms with Crippen LogP contribution < -0.4 is 0 Å². The van der Waals surface area contributed by atoms with Crippen molar-refractivity contribution in [1.29, 1.82) is 0 Å². The molecule has 0 spiro atoms. The van der Waals surface area contributed by atoms with Crippen LogP contribution in [-0.4, -0.2) is 24.2 Å². The van der Waals surface area contributed by atoms with Gasteiger partial charge in [-0.25, -0.2) is 8.42 Å². The fraction of sp³-hybridized carbons (Fsp3) is 1.00. The number of sulfone groups is 1. The van der Waals surface area contributed by atoms with E-state index in [-0.39, 0.29) is 10.1 Å². The highest BCUT2D eigenvalue weighted by atomic mass is 79.9. The molecule has 0 aliphatic heterocycles. The molecule has 84 valence electrons. The van der Waals surface area contributed by atoms with E-state index in [4.69, 9.17) is 0 Å². The molecule has 1 aliphatic rings. The van der Waals surface area contributed by atoms with Crippen molar-refractivity contribution in [2.45, 2.75) is 55.5 Å². The third-order valence-corrected chi connectivity index (χ3v) is 6.66. The fourth-order valence-corrected chi connectivity index (χ4v) is 5.63. The van der Waals surface area contributed by atoms with Crippen molar-refractivity contribution in [3.63, 3.8) is 0 Å². The molecule has 0 amide bonds. The Morgan fingerprint density at radius 3 is 2.50 bits per heavy atom. The zero-order valence-electron chi connectivity index (χ0n) is 8.71. The zero-order valence-corrected chi connectivity index (χ0v) is 11.1. The van der Waals surface area contributed by atoms with Crippen LogP contribution in [0.25, 0.3) is 0 Å². The van der Waals surface area contributed by atoms with Gasteiger partial charge in [0.05, 0.1) is 11.0 Å². The smallest absolute Gasteiger partial charge is 0.154 e. The average Bonchev–Trinajstić information content (AvgIpc) is 2.15. The van der Waals surface area contributed by atoms with E-state index in [9.17, 15) is 8.42 Å². The van der Waals surface area contributed by atoms with E-state index in [1.165, 1.54) is 0 Å². The Kier molecular flexibility index (Phi) is 4.91. The van der Waals surface area contributed by atoms with E-state index in [2.05, 4.69) is 15.9 Å². The molecule has 1 aliphatic carbocycles. The van der Waals surface area contributed by atoms with Gasteiger partial charge in [-0.05, 0) is 19.3 Å². The fourth-order valence-electron chi connectivity index (χ4n) is 1.95. The van der Waals surface area contributed by atoms with Crippen molar-refractivity contribution in [2.24, 2.45) is 0 Å². The van der Waals surface area contributed by atoms with Crippen LogP contribution in [0.2, 0.25) is 0 Å². The van der Waals surface area contributed by atoms with E-state index in [1.54, 1.807) is 0 Å². The summed E-state index contributed by atoms with van der Waals surface area (Å²) < 4.78 is 23.8. The van der Waals surface area contributed by atoms with Crippen LogP contribution >= 0.6 is 15.9 Å². The summed E-state index contributed by atoms with van der Waals surface area (Å²) in [4.78, 5) is 0.193. The molecule has 1 saturated carbocycles.